The second-order valence-electron chi connectivity index (χ2n) is 4.52. The molecule has 0 aliphatic heterocycles. The summed E-state index contributed by atoms with van der Waals surface area (Å²) in [6.07, 6.45) is 1.59. The fourth-order valence-corrected chi connectivity index (χ4v) is 2.10. The minimum absolute atomic E-state index is 0.244. The Morgan fingerprint density at radius 1 is 1.44 bits per heavy atom. The first-order valence-corrected chi connectivity index (χ1v) is 6.23. The van der Waals surface area contributed by atoms with Gasteiger partial charge in [-0.15, -0.1) is 0 Å². The molecule has 0 saturated heterocycles. The lowest BCUT2D eigenvalue weighted by Gasteiger charge is -2.27. The average Bonchev–Trinajstić information content (AvgIpc) is 2.36. The van der Waals surface area contributed by atoms with Crippen LogP contribution in [0.25, 0.3) is 0 Å². The number of hydrogen-bond acceptors (Lipinski definition) is 3. The molecule has 0 saturated carbocycles. The van der Waals surface area contributed by atoms with Crippen LogP contribution in [0.4, 0.5) is 0 Å². The molecule has 1 aromatic carbocycles. The van der Waals surface area contributed by atoms with Crippen LogP contribution in [-0.4, -0.2) is 30.9 Å². The minimum atomic E-state index is 0.244. The Labute approximate surface area is 109 Å². The molecule has 0 radical (unpaired) electrons. The summed E-state index contributed by atoms with van der Waals surface area (Å²) in [6, 6.07) is 8.31. The van der Waals surface area contributed by atoms with Crippen molar-refractivity contribution in [3.05, 3.63) is 29.8 Å². The van der Waals surface area contributed by atoms with Gasteiger partial charge in [0.1, 0.15) is 5.75 Å². The summed E-state index contributed by atoms with van der Waals surface area (Å²) in [7, 11) is 3.75. The van der Waals surface area contributed by atoms with E-state index in [-0.39, 0.29) is 5.84 Å². The lowest BCUT2D eigenvalue weighted by molar-refractivity contribution is 0.229. The number of methoxy groups -OCH3 is 1. The van der Waals surface area contributed by atoms with Crippen LogP contribution in [0.3, 0.4) is 0 Å². The zero-order chi connectivity index (χ0) is 13.5. The molecule has 0 bridgehead atoms. The molecule has 1 rings (SSSR count). The number of nitrogens with one attached hydrogen (secondary N) is 1. The van der Waals surface area contributed by atoms with E-state index in [0.29, 0.717) is 12.5 Å². The zero-order valence-electron chi connectivity index (χ0n) is 11.4. The number of nitrogens with two attached hydrogens (primary N) is 1. The number of nitrogens with zero attached hydrogens (tertiary/aromatic N) is 1. The molecule has 18 heavy (non-hydrogen) atoms. The van der Waals surface area contributed by atoms with Crippen molar-refractivity contribution >= 4 is 5.84 Å². The number of hydrogen-bond donors (Lipinski definition) is 2. The van der Waals surface area contributed by atoms with Crippen molar-refractivity contribution in [1.82, 2.24) is 4.90 Å². The molecule has 0 fully saturated rings. The van der Waals surface area contributed by atoms with Gasteiger partial charge in [0.15, 0.2) is 0 Å². The van der Waals surface area contributed by atoms with Crippen molar-refractivity contribution in [2.24, 2.45) is 5.73 Å². The molecule has 0 aromatic heterocycles. The fraction of sp³-hybridized carbons (Fsp3) is 0.500. The largest absolute Gasteiger partial charge is 0.496 e. The van der Waals surface area contributed by atoms with Crippen LogP contribution in [0, 0.1) is 5.41 Å². The van der Waals surface area contributed by atoms with Crippen LogP contribution in [0.2, 0.25) is 0 Å². The Kier molecular flexibility index (Phi) is 5.65. The molecular weight excluding hydrogens is 226 g/mol. The first-order valence-electron chi connectivity index (χ1n) is 6.23. The highest BCUT2D eigenvalue weighted by Gasteiger charge is 2.15. The SMILES string of the molecule is CCC(CC(=N)N)N(C)Cc1ccccc1OC. The molecule has 4 nitrogen and oxygen atoms in total. The third-order valence-corrected chi connectivity index (χ3v) is 3.16. The van der Waals surface area contributed by atoms with E-state index in [4.69, 9.17) is 15.9 Å². The summed E-state index contributed by atoms with van der Waals surface area (Å²) in [4.78, 5) is 2.22. The Morgan fingerprint density at radius 2 is 2.11 bits per heavy atom. The van der Waals surface area contributed by atoms with Crippen LogP contribution >= 0.6 is 0 Å². The van der Waals surface area contributed by atoms with Crippen LogP contribution in [0.15, 0.2) is 24.3 Å². The highest BCUT2D eigenvalue weighted by molar-refractivity contribution is 5.77. The molecule has 100 valence electrons. The van der Waals surface area contributed by atoms with E-state index in [1.54, 1.807) is 7.11 Å². The fourth-order valence-electron chi connectivity index (χ4n) is 2.10. The minimum Gasteiger partial charge on any atom is -0.496 e. The quantitative estimate of drug-likeness (QED) is 0.575. The van der Waals surface area contributed by atoms with Gasteiger partial charge in [-0.25, -0.2) is 0 Å². The van der Waals surface area contributed by atoms with E-state index < -0.39 is 0 Å². The van der Waals surface area contributed by atoms with E-state index in [1.807, 2.05) is 18.2 Å². The number of ether oxygens (including phenoxy) is 1. The summed E-state index contributed by atoms with van der Waals surface area (Å²) in [5.41, 5.74) is 6.65. The normalized spacial score (nSPS) is 12.4. The van der Waals surface area contributed by atoms with Crippen molar-refractivity contribution in [2.45, 2.75) is 32.4 Å². The lowest BCUT2D eigenvalue weighted by Crippen LogP contribution is -2.34. The van der Waals surface area contributed by atoms with Gasteiger partial charge in [0.2, 0.25) is 0 Å². The summed E-state index contributed by atoms with van der Waals surface area (Å²) in [5.74, 6) is 1.15. The van der Waals surface area contributed by atoms with Crippen molar-refractivity contribution in [1.29, 1.82) is 5.41 Å². The number of benzene rings is 1. The van der Waals surface area contributed by atoms with Gasteiger partial charge in [0.25, 0.3) is 0 Å². The first-order chi connectivity index (χ1) is 8.58. The number of para-hydroxylation sites is 1. The highest BCUT2D eigenvalue weighted by atomic mass is 16.5. The summed E-state index contributed by atoms with van der Waals surface area (Å²) >= 11 is 0. The number of amidine groups is 1. The van der Waals surface area contributed by atoms with Crippen LogP contribution in [-0.2, 0) is 6.54 Å². The van der Waals surface area contributed by atoms with Crippen molar-refractivity contribution in [2.75, 3.05) is 14.2 Å². The predicted octanol–water partition coefficient (Wildman–Crippen LogP) is 2.23. The molecule has 0 aliphatic carbocycles. The van der Waals surface area contributed by atoms with Gasteiger partial charge in [-0.2, -0.15) is 0 Å². The summed E-state index contributed by atoms with van der Waals surface area (Å²) in [6.45, 7) is 2.92. The highest BCUT2D eigenvalue weighted by Crippen LogP contribution is 2.20. The molecule has 1 unspecified atom stereocenters. The predicted molar refractivity (Wildman–Crippen MR) is 75.1 cm³/mol. The zero-order valence-corrected chi connectivity index (χ0v) is 11.4. The van der Waals surface area contributed by atoms with E-state index in [2.05, 4.69) is 24.9 Å². The molecule has 1 aromatic rings. The van der Waals surface area contributed by atoms with E-state index in [9.17, 15) is 0 Å². The van der Waals surface area contributed by atoms with Crippen molar-refractivity contribution in [3.63, 3.8) is 0 Å². The van der Waals surface area contributed by atoms with E-state index in [1.165, 1.54) is 0 Å². The summed E-state index contributed by atoms with van der Waals surface area (Å²) in [5, 5.41) is 7.41. The van der Waals surface area contributed by atoms with Crippen LogP contribution in [0.1, 0.15) is 25.3 Å². The van der Waals surface area contributed by atoms with Crippen molar-refractivity contribution < 1.29 is 4.74 Å². The molecule has 1 atom stereocenters. The van der Waals surface area contributed by atoms with Crippen molar-refractivity contribution in [3.8, 4) is 5.75 Å². The summed E-state index contributed by atoms with van der Waals surface area (Å²) < 4.78 is 5.35. The smallest absolute Gasteiger partial charge is 0.123 e. The monoisotopic (exact) mass is 249 g/mol. The topological polar surface area (TPSA) is 62.3 Å². The van der Waals surface area contributed by atoms with Gasteiger partial charge >= 0.3 is 0 Å². The van der Waals surface area contributed by atoms with Gasteiger partial charge in [-0.05, 0) is 19.5 Å². The van der Waals surface area contributed by atoms with Gasteiger partial charge in [0, 0.05) is 24.6 Å². The standard InChI is InChI=1S/C14H23N3O/c1-4-12(9-14(15)16)17(2)10-11-7-5-6-8-13(11)18-3/h5-8,12H,4,9-10H2,1-3H3,(H3,15,16). The Hall–Kier alpha value is -1.55. The van der Waals surface area contributed by atoms with E-state index in [0.717, 1.165) is 24.3 Å². The van der Waals surface area contributed by atoms with Gasteiger partial charge in [0.05, 0.1) is 12.9 Å². The molecule has 0 aliphatic rings. The second-order valence-corrected chi connectivity index (χ2v) is 4.52. The Morgan fingerprint density at radius 3 is 2.67 bits per heavy atom. The average molecular weight is 249 g/mol. The molecular formula is C14H23N3O. The van der Waals surface area contributed by atoms with Gasteiger partial charge < -0.3 is 10.5 Å². The Bertz CT molecular complexity index is 392. The maximum absolute atomic E-state index is 7.41. The number of rotatable bonds is 7. The lowest BCUT2D eigenvalue weighted by atomic mass is 10.1. The Balaban J connectivity index is 2.72. The molecule has 0 heterocycles. The van der Waals surface area contributed by atoms with Gasteiger partial charge in [-0.3, -0.25) is 10.3 Å². The van der Waals surface area contributed by atoms with Gasteiger partial charge in [-0.1, -0.05) is 25.1 Å². The maximum Gasteiger partial charge on any atom is 0.123 e. The van der Waals surface area contributed by atoms with Crippen LogP contribution in [0.5, 0.6) is 5.75 Å². The molecule has 3 N–H and O–H groups in total. The molecule has 0 amide bonds. The molecule has 0 spiro atoms. The third kappa shape index (κ3) is 4.04. The third-order valence-electron chi connectivity index (χ3n) is 3.16. The first kappa shape index (κ1) is 14.5. The second kappa shape index (κ2) is 7.01. The molecule has 4 heteroatoms. The van der Waals surface area contributed by atoms with E-state index >= 15 is 0 Å². The maximum atomic E-state index is 7.41. The van der Waals surface area contributed by atoms with Crippen LogP contribution < -0.4 is 10.5 Å².